The number of hydrogen-bond donors (Lipinski definition) is 0. The zero-order chi connectivity index (χ0) is 14.7. The molecule has 1 amide bonds. The lowest BCUT2D eigenvalue weighted by molar-refractivity contribution is -0.130. The van der Waals surface area contributed by atoms with Crippen molar-refractivity contribution in [2.45, 2.75) is 32.2 Å². The Balaban J connectivity index is 1.77. The van der Waals surface area contributed by atoms with Crippen molar-refractivity contribution < 1.29 is 4.79 Å². The van der Waals surface area contributed by atoms with Gasteiger partial charge in [0, 0.05) is 25.9 Å². The Hall–Kier alpha value is -2.17. The zero-order valence-electron chi connectivity index (χ0n) is 12.3. The van der Waals surface area contributed by atoms with E-state index in [2.05, 4.69) is 26.9 Å². The molecule has 110 valence electrons. The van der Waals surface area contributed by atoms with Crippen LogP contribution in [-0.2, 0) is 11.3 Å². The molecule has 1 fully saturated rings. The maximum absolute atomic E-state index is 11.6. The van der Waals surface area contributed by atoms with Crippen molar-refractivity contribution in [2.75, 3.05) is 13.1 Å². The number of nitrogens with zero attached hydrogens (tertiary/aromatic N) is 4. The minimum atomic E-state index is 0.147. The van der Waals surface area contributed by atoms with E-state index in [0.29, 0.717) is 0 Å². The molecular formula is C16H20N4O. The van der Waals surface area contributed by atoms with E-state index < -0.39 is 0 Å². The lowest BCUT2D eigenvalue weighted by atomic mass is 9.97. The minimum Gasteiger partial charge on any atom is -0.342 e. The topological polar surface area (TPSA) is 51.0 Å². The normalized spacial score (nSPS) is 18.7. The van der Waals surface area contributed by atoms with Crippen molar-refractivity contribution in [3.63, 3.8) is 0 Å². The molecule has 0 bridgehead atoms. The summed E-state index contributed by atoms with van der Waals surface area (Å²) in [5.41, 5.74) is 1.23. The van der Waals surface area contributed by atoms with E-state index in [1.807, 2.05) is 23.1 Å². The van der Waals surface area contributed by atoms with Gasteiger partial charge in [0.25, 0.3) is 0 Å². The first-order valence-electron chi connectivity index (χ1n) is 7.41. The van der Waals surface area contributed by atoms with Crippen molar-refractivity contribution in [3.05, 3.63) is 48.0 Å². The van der Waals surface area contributed by atoms with E-state index in [0.717, 1.165) is 38.3 Å². The number of rotatable bonds is 3. The molecule has 0 N–H and O–H groups in total. The molecule has 21 heavy (non-hydrogen) atoms. The van der Waals surface area contributed by atoms with Gasteiger partial charge in [0.15, 0.2) is 0 Å². The number of likely N-dealkylation sites (tertiary alicyclic amines) is 1. The molecule has 1 aromatic carbocycles. The number of benzene rings is 1. The second kappa shape index (κ2) is 6.08. The van der Waals surface area contributed by atoms with Crippen LogP contribution < -0.4 is 0 Å². The molecule has 0 spiro atoms. The van der Waals surface area contributed by atoms with Gasteiger partial charge >= 0.3 is 0 Å². The predicted octanol–water partition coefficient (Wildman–Crippen LogP) is 2.05. The summed E-state index contributed by atoms with van der Waals surface area (Å²) < 4.78 is 2.10. The van der Waals surface area contributed by atoms with Crippen LogP contribution in [-0.4, -0.2) is 38.7 Å². The van der Waals surface area contributed by atoms with E-state index in [1.54, 1.807) is 13.3 Å². The van der Waals surface area contributed by atoms with Gasteiger partial charge in [-0.25, -0.2) is 0 Å². The predicted molar refractivity (Wildman–Crippen MR) is 79.8 cm³/mol. The number of piperidine rings is 1. The molecule has 5 heteroatoms. The number of carbonyl (C=O) groups excluding carboxylic acids is 1. The van der Waals surface area contributed by atoms with Crippen LogP contribution in [0.1, 0.15) is 37.1 Å². The molecule has 2 heterocycles. The van der Waals surface area contributed by atoms with Crippen molar-refractivity contribution in [1.29, 1.82) is 0 Å². The van der Waals surface area contributed by atoms with Crippen LogP contribution in [0.5, 0.6) is 0 Å². The van der Waals surface area contributed by atoms with Gasteiger partial charge in [0.05, 0.1) is 6.54 Å². The maximum Gasteiger partial charge on any atom is 0.219 e. The van der Waals surface area contributed by atoms with E-state index in [4.69, 9.17) is 0 Å². The zero-order valence-corrected chi connectivity index (χ0v) is 12.3. The average Bonchev–Trinajstić information content (AvgIpc) is 2.96. The molecule has 2 aromatic rings. The van der Waals surface area contributed by atoms with Crippen LogP contribution in [0.2, 0.25) is 0 Å². The van der Waals surface area contributed by atoms with Crippen molar-refractivity contribution in [1.82, 2.24) is 19.7 Å². The molecule has 0 radical (unpaired) electrons. The first-order chi connectivity index (χ1) is 10.2. The maximum atomic E-state index is 11.6. The summed E-state index contributed by atoms with van der Waals surface area (Å²) in [6, 6.07) is 10.3. The standard InChI is InChI=1S/C16H20N4O/c1-13(21)19-9-5-8-15(11-19)16-18-17-12-20(16)10-14-6-3-2-4-7-14/h2-4,6-7,12,15H,5,8-11H2,1H3/t15-/m0/s1. The third kappa shape index (κ3) is 3.12. The molecule has 0 aliphatic carbocycles. The van der Waals surface area contributed by atoms with Gasteiger partial charge in [-0.15, -0.1) is 10.2 Å². The van der Waals surface area contributed by atoms with Gasteiger partial charge in [-0.1, -0.05) is 30.3 Å². The van der Waals surface area contributed by atoms with E-state index in [9.17, 15) is 4.79 Å². The van der Waals surface area contributed by atoms with Crippen LogP contribution in [0, 0.1) is 0 Å². The first-order valence-corrected chi connectivity index (χ1v) is 7.41. The Labute approximate surface area is 124 Å². The Morgan fingerprint density at radius 1 is 1.33 bits per heavy atom. The summed E-state index contributed by atoms with van der Waals surface area (Å²) in [6.07, 6.45) is 3.88. The summed E-state index contributed by atoms with van der Waals surface area (Å²) in [5.74, 6) is 1.42. The second-order valence-electron chi connectivity index (χ2n) is 5.61. The van der Waals surface area contributed by atoms with Crippen molar-refractivity contribution in [2.24, 2.45) is 0 Å². The fourth-order valence-electron chi connectivity index (χ4n) is 2.96. The fourth-order valence-corrected chi connectivity index (χ4v) is 2.96. The second-order valence-corrected chi connectivity index (χ2v) is 5.61. The van der Waals surface area contributed by atoms with E-state index >= 15 is 0 Å². The minimum absolute atomic E-state index is 0.147. The summed E-state index contributed by atoms with van der Waals surface area (Å²) in [5, 5.41) is 8.38. The van der Waals surface area contributed by atoms with Crippen LogP contribution in [0.25, 0.3) is 0 Å². The summed E-state index contributed by atoms with van der Waals surface area (Å²) in [4.78, 5) is 13.5. The highest BCUT2D eigenvalue weighted by Crippen LogP contribution is 2.25. The summed E-state index contributed by atoms with van der Waals surface area (Å²) in [6.45, 7) is 4.03. The molecule has 1 saturated heterocycles. The number of aromatic nitrogens is 3. The highest BCUT2D eigenvalue weighted by atomic mass is 16.2. The molecule has 0 saturated carbocycles. The van der Waals surface area contributed by atoms with Gasteiger partial charge in [-0.2, -0.15) is 0 Å². The molecule has 1 aliphatic rings. The average molecular weight is 284 g/mol. The van der Waals surface area contributed by atoms with Crippen LogP contribution in [0.3, 0.4) is 0 Å². The first kappa shape index (κ1) is 13.8. The third-order valence-electron chi connectivity index (χ3n) is 4.07. The quantitative estimate of drug-likeness (QED) is 0.867. The van der Waals surface area contributed by atoms with Crippen molar-refractivity contribution in [3.8, 4) is 0 Å². The monoisotopic (exact) mass is 284 g/mol. The van der Waals surface area contributed by atoms with Gasteiger partial charge in [0.1, 0.15) is 12.2 Å². The van der Waals surface area contributed by atoms with Crippen LogP contribution in [0.15, 0.2) is 36.7 Å². The Morgan fingerprint density at radius 3 is 2.90 bits per heavy atom. The fraction of sp³-hybridized carbons (Fsp3) is 0.438. The lowest BCUT2D eigenvalue weighted by Crippen LogP contribution is -2.38. The van der Waals surface area contributed by atoms with Crippen LogP contribution in [0.4, 0.5) is 0 Å². The van der Waals surface area contributed by atoms with E-state index in [-0.39, 0.29) is 11.8 Å². The van der Waals surface area contributed by atoms with Crippen LogP contribution >= 0.6 is 0 Å². The smallest absolute Gasteiger partial charge is 0.219 e. The Kier molecular flexibility index (Phi) is 3.99. The Morgan fingerprint density at radius 2 is 2.14 bits per heavy atom. The molecule has 1 aliphatic heterocycles. The number of hydrogen-bond acceptors (Lipinski definition) is 3. The molecule has 1 aromatic heterocycles. The lowest BCUT2D eigenvalue weighted by Gasteiger charge is -2.31. The highest BCUT2D eigenvalue weighted by molar-refractivity contribution is 5.73. The molecule has 0 unspecified atom stereocenters. The van der Waals surface area contributed by atoms with Gasteiger partial charge in [0.2, 0.25) is 5.91 Å². The molecule has 1 atom stereocenters. The van der Waals surface area contributed by atoms with Gasteiger partial charge in [-0.05, 0) is 18.4 Å². The van der Waals surface area contributed by atoms with Gasteiger partial charge < -0.3 is 9.47 Å². The number of amides is 1. The Bertz CT molecular complexity index is 608. The summed E-state index contributed by atoms with van der Waals surface area (Å²) in [7, 11) is 0. The summed E-state index contributed by atoms with van der Waals surface area (Å²) >= 11 is 0. The molecule has 3 rings (SSSR count). The van der Waals surface area contributed by atoms with Crippen molar-refractivity contribution >= 4 is 5.91 Å². The highest BCUT2D eigenvalue weighted by Gasteiger charge is 2.26. The molecule has 5 nitrogen and oxygen atoms in total. The van der Waals surface area contributed by atoms with E-state index in [1.165, 1.54) is 5.56 Å². The molecular weight excluding hydrogens is 264 g/mol. The van der Waals surface area contributed by atoms with Gasteiger partial charge in [-0.3, -0.25) is 4.79 Å². The number of carbonyl (C=O) groups is 1. The third-order valence-corrected chi connectivity index (χ3v) is 4.07. The SMILES string of the molecule is CC(=O)N1CCC[C@H](c2nncn2Cc2ccccc2)C1. The largest absolute Gasteiger partial charge is 0.342 e.